The molecule has 98 valence electrons. The molecule has 0 bridgehead atoms. The van der Waals surface area contributed by atoms with Crippen molar-refractivity contribution in [3.05, 3.63) is 0 Å². The summed E-state index contributed by atoms with van der Waals surface area (Å²) in [6.45, 7) is 6.09. The second-order valence-corrected chi connectivity index (χ2v) is 4.19. The quantitative estimate of drug-likeness (QED) is 0.634. The molecular weight excluding hydrogens is 228 g/mol. The second kappa shape index (κ2) is 9.87. The van der Waals surface area contributed by atoms with Crippen LogP contribution in [-0.2, 0) is 4.79 Å². The van der Waals surface area contributed by atoms with Crippen LogP contribution >= 0.6 is 12.4 Å². The minimum Gasteiger partial charge on any atom is -0.396 e. The van der Waals surface area contributed by atoms with Gasteiger partial charge in [-0.15, -0.1) is 12.4 Å². The molecule has 0 fully saturated rings. The van der Waals surface area contributed by atoms with E-state index in [0.29, 0.717) is 6.42 Å². The van der Waals surface area contributed by atoms with Gasteiger partial charge >= 0.3 is 0 Å². The Kier molecular flexibility index (Phi) is 11.1. The van der Waals surface area contributed by atoms with Gasteiger partial charge in [0.05, 0.1) is 6.04 Å². The maximum absolute atomic E-state index is 11.6. The monoisotopic (exact) mass is 252 g/mol. The number of hydrogen-bond acceptors (Lipinski definition) is 3. The summed E-state index contributed by atoms with van der Waals surface area (Å²) in [5, 5.41) is 11.5. The van der Waals surface area contributed by atoms with E-state index in [1.54, 1.807) is 0 Å². The molecule has 4 nitrogen and oxygen atoms in total. The van der Waals surface area contributed by atoms with Gasteiger partial charge in [-0.1, -0.05) is 20.3 Å². The van der Waals surface area contributed by atoms with E-state index in [-0.39, 0.29) is 36.9 Å². The Hall–Kier alpha value is -0.320. The standard InChI is InChI=1S/C11H24N2O2.ClH/c1-4-8(2)10(12)11(15)13-9(3)6-5-7-14;/h8-10,14H,4-7,12H2,1-3H3,(H,13,15);1H. The molecule has 4 N–H and O–H groups in total. The SMILES string of the molecule is CCC(C)C(N)C(=O)NC(C)CCCO.Cl. The Morgan fingerprint density at radius 2 is 2.00 bits per heavy atom. The van der Waals surface area contributed by atoms with Gasteiger partial charge in [0.1, 0.15) is 0 Å². The van der Waals surface area contributed by atoms with E-state index >= 15 is 0 Å². The molecule has 3 atom stereocenters. The summed E-state index contributed by atoms with van der Waals surface area (Å²) in [6, 6.07) is -0.341. The van der Waals surface area contributed by atoms with Crippen LogP contribution in [0.1, 0.15) is 40.0 Å². The van der Waals surface area contributed by atoms with E-state index in [4.69, 9.17) is 10.8 Å². The normalized spacial score (nSPS) is 15.8. The number of amides is 1. The summed E-state index contributed by atoms with van der Waals surface area (Å²) in [7, 11) is 0. The highest BCUT2D eigenvalue weighted by atomic mass is 35.5. The fraction of sp³-hybridized carbons (Fsp3) is 0.909. The predicted molar refractivity (Wildman–Crippen MR) is 68.6 cm³/mol. The van der Waals surface area contributed by atoms with Crippen LogP contribution in [0.25, 0.3) is 0 Å². The zero-order chi connectivity index (χ0) is 11.8. The first-order valence-corrected chi connectivity index (χ1v) is 5.69. The number of nitrogens with two attached hydrogens (primary N) is 1. The lowest BCUT2D eigenvalue weighted by molar-refractivity contribution is -0.124. The van der Waals surface area contributed by atoms with Crippen LogP contribution in [0.2, 0.25) is 0 Å². The van der Waals surface area contributed by atoms with Crippen molar-refractivity contribution < 1.29 is 9.90 Å². The van der Waals surface area contributed by atoms with E-state index in [9.17, 15) is 4.79 Å². The largest absolute Gasteiger partial charge is 0.396 e. The molecule has 3 unspecified atom stereocenters. The maximum atomic E-state index is 11.6. The summed E-state index contributed by atoms with van der Waals surface area (Å²) in [6.07, 6.45) is 2.40. The molecule has 0 aliphatic rings. The number of aliphatic hydroxyl groups excluding tert-OH is 1. The minimum atomic E-state index is -0.424. The van der Waals surface area contributed by atoms with Crippen LogP contribution in [0, 0.1) is 5.92 Å². The Bertz CT molecular complexity index is 191. The molecule has 0 aromatic heterocycles. The molecular formula is C11H25ClN2O2. The zero-order valence-corrected chi connectivity index (χ0v) is 11.2. The lowest BCUT2D eigenvalue weighted by Crippen LogP contribution is -2.47. The lowest BCUT2D eigenvalue weighted by Gasteiger charge is -2.20. The van der Waals surface area contributed by atoms with Crippen molar-refractivity contribution in [2.75, 3.05) is 6.61 Å². The zero-order valence-electron chi connectivity index (χ0n) is 10.4. The third-order valence-corrected chi connectivity index (χ3v) is 2.74. The van der Waals surface area contributed by atoms with E-state index in [2.05, 4.69) is 5.32 Å². The van der Waals surface area contributed by atoms with Crippen LogP contribution in [-0.4, -0.2) is 29.7 Å². The van der Waals surface area contributed by atoms with E-state index in [1.165, 1.54) is 0 Å². The molecule has 5 heteroatoms. The third kappa shape index (κ3) is 7.04. The van der Waals surface area contributed by atoms with Gasteiger partial charge in [-0.25, -0.2) is 0 Å². The Labute approximate surface area is 104 Å². The number of nitrogens with one attached hydrogen (secondary N) is 1. The van der Waals surface area contributed by atoms with Gasteiger partial charge in [-0.05, 0) is 25.7 Å². The first kappa shape index (κ1) is 18.1. The number of rotatable bonds is 7. The first-order valence-electron chi connectivity index (χ1n) is 5.69. The smallest absolute Gasteiger partial charge is 0.237 e. The molecule has 0 rings (SSSR count). The van der Waals surface area contributed by atoms with Crippen molar-refractivity contribution in [2.45, 2.75) is 52.1 Å². The van der Waals surface area contributed by atoms with Crippen molar-refractivity contribution >= 4 is 18.3 Å². The topological polar surface area (TPSA) is 75.4 Å². The van der Waals surface area contributed by atoms with E-state index < -0.39 is 6.04 Å². The molecule has 0 saturated carbocycles. The summed E-state index contributed by atoms with van der Waals surface area (Å²) >= 11 is 0. The molecule has 0 saturated heterocycles. The molecule has 0 heterocycles. The van der Waals surface area contributed by atoms with Gasteiger partial charge in [0.15, 0.2) is 0 Å². The Morgan fingerprint density at radius 1 is 1.44 bits per heavy atom. The first-order chi connectivity index (χ1) is 7.02. The predicted octanol–water partition coefficient (Wildman–Crippen LogP) is 1.06. The van der Waals surface area contributed by atoms with Crippen molar-refractivity contribution in [2.24, 2.45) is 11.7 Å². The van der Waals surface area contributed by atoms with Crippen LogP contribution in [0.4, 0.5) is 0 Å². The fourth-order valence-electron chi connectivity index (χ4n) is 1.32. The van der Waals surface area contributed by atoms with Crippen molar-refractivity contribution in [1.82, 2.24) is 5.32 Å². The van der Waals surface area contributed by atoms with Crippen molar-refractivity contribution in [3.8, 4) is 0 Å². The summed E-state index contributed by atoms with van der Waals surface area (Å²) in [5.74, 6) is 0.116. The molecule has 1 amide bonds. The minimum absolute atomic E-state index is 0. The molecule has 0 radical (unpaired) electrons. The maximum Gasteiger partial charge on any atom is 0.237 e. The number of carbonyl (C=O) groups is 1. The number of aliphatic hydroxyl groups is 1. The highest BCUT2D eigenvalue weighted by molar-refractivity contribution is 5.85. The van der Waals surface area contributed by atoms with Crippen molar-refractivity contribution in [1.29, 1.82) is 0 Å². The van der Waals surface area contributed by atoms with Crippen LogP contribution < -0.4 is 11.1 Å². The van der Waals surface area contributed by atoms with Crippen molar-refractivity contribution in [3.63, 3.8) is 0 Å². The molecule has 0 aromatic rings. The van der Waals surface area contributed by atoms with Gasteiger partial charge in [0.2, 0.25) is 5.91 Å². The fourth-order valence-corrected chi connectivity index (χ4v) is 1.32. The molecule has 0 aliphatic carbocycles. The average Bonchev–Trinajstić information content (AvgIpc) is 2.23. The molecule has 0 spiro atoms. The van der Waals surface area contributed by atoms with Gasteiger partial charge in [-0.3, -0.25) is 4.79 Å². The molecule has 0 aromatic carbocycles. The third-order valence-electron chi connectivity index (χ3n) is 2.74. The highest BCUT2D eigenvalue weighted by Gasteiger charge is 2.20. The van der Waals surface area contributed by atoms with Crippen LogP contribution in [0.15, 0.2) is 0 Å². The summed E-state index contributed by atoms with van der Waals surface area (Å²) in [4.78, 5) is 11.6. The van der Waals surface area contributed by atoms with Gasteiger partial charge in [0.25, 0.3) is 0 Å². The van der Waals surface area contributed by atoms with Crippen LogP contribution in [0.3, 0.4) is 0 Å². The Morgan fingerprint density at radius 3 is 2.44 bits per heavy atom. The second-order valence-electron chi connectivity index (χ2n) is 4.19. The van der Waals surface area contributed by atoms with Crippen LogP contribution in [0.5, 0.6) is 0 Å². The number of carbonyl (C=O) groups excluding carboxylic acids is 1. The van der Waals surface area contributed by atoms with Gasteiger partial charge in [-0.2, -0.15) is 0 Å². The van der Waals surface area contributed by atoms with E-state index in [1.807, 2.05) is 20.8 Å². The summed E-state index contributed by atoms with van der Waals surface area (Å²) < 4.78 is 0. The number of hydrogen-bond donors (Lipinski definition) is 3. The van der Waals surface area contributed by atoms with E-state index in [0.717, 1.165) is 12.8 Å². The number of halogens is 1. The Balaban J connectivity index is 0. The summed E-state index contributed by atoms with van der Waals surface area (Å²) in [5.41, 5.74) is 5.79. The molecule has 0 aliphatic heterocycles. The van der Waals surface area contributed by atoms with Gasteiger partial charge in [0, 0.05) is 12.6 Å². The molecule has 16 heavy (non-hydrogen) atoms. The van der Waals surface area contributed by atoms with Gasteiger partial charge < -0.3 is 16.2 Å². The lowest BCUT2D eigenvalue weighted by atomic mass is 9.99. The average molecular weight is 253 g/mol. The highest BCUT2D eigenvalue weighted by Crippen LogP contribution is 2.06.